The van der Waals surface area contributed by atoms with E-state index in [-0.39, 0.29) is 11.3 Å². The summed E-state index contributed by atoms with van der Waals surface area (Å²) in [7, 11) is 1.50. The summed E-state index contributed by atoms with van der Waals surface area (Å²) in [6.07, 6.45) is 0. The summed E-state index contributed by atoms with van der Waals surface area (Å²) in [6, 6.07) is 13.4. The van der Waals surface area contributed by atoms with Crippen molar-refractivity contribution in [2.24, 2.45) is 0 Å². The number of benzene rings is 2. The van der Waals surface area contributed by atoms with Crippen LogP contribution in [0, 0.1) is 0 Å². The average molecular weight is 443 g/mol. The number of aliphatic hydroxyl groups is 1. The molecule has 1 saturated heterocycles. The predicted molar refractivity (Wildman–Crippen MR) is 121 cm³/mol. The molecule has 7 heteroatoms. The molecule has 0 bridgehead atoms. The summed E-state index contributed by atoms with van der Waals surface area (Å²) in [6.45, 7) is 6.82. The van der Waals surface area contributed by atoms with E-state index in [0.717, 1.165) is 18.7 Å². The second-order valence-corrected chi connectivity index (χ2v) is 7.69. The van der Waals surface area contributed by atoms with Gasteiger partial charge in [-0.1, -0.05) is 55.8 Å². The summed E-state index contributed by atoms with van der Waals surface area (Å²) < 4.78 is 5.16. The number of aliphatic hydroxyl groups excluding tert-OH is 1. The normalized spacial score (nSPS) is 18.1. The van der Waals surface area contributed by atoms with Gasteiger partial charge in [-0.15, -0.1) is 0 Å². The Morgan fingerprint density at radius 1 is 1.13 bits per heavy atom. The highest BCUT2D eigenvalue weighted by molar-refractivity contribution is 6.46. The lowest BCUT2D eigenvalue weighted by Crippen LogP contribution is -2.38. The first-order valence-corrected chi connectivity index (χ1v) is 10.7. The standard InChI is InChI=1S/C24H27ClN2O4/c1-4-26(5-2)13-14-27-21(16-9-7-6-8-10-16)20(23(29)24(27)30)22(28)17-11-12-19(31-3)18(25)15-17/h6-12,15,21,28H,4-5,13-14H2,1-3H3/b22-20-. The molecule has 0 saturated carbocycles. The van der Waals surface area contributed by atoms with Gasteiger partial charge in [-0.05, 0) is 36.9 Å². The monoisotopic (exact) mass is 442 g/mol. The molecule has 1 unspecified atom stereocenters. The van der Waals surface area contributed by atoms with Gasteiger partial charge < -0.3 is 19.6 Å². The molecular formula is C24H27ClN2O4. The van der Waals surface area contributed by atoms with Crippen LogP contribution in [0.2, 0.25) is 5.02 Å². The lowest BCUT2D eigenvalue weighted by atomic mass is 9.95. The minimum atomic E-state index is -0.696. The SMILES string of the molecule is CCN(CC)CCN1C(=O)C(=O)/C(=C(\O)c2ccc(OC)c(Cl)c2)C1c1ccccc1. The van der Waals surface area contributed by atoms with Crippen molar-refractivity contribution in [3.63, 3.8) is 0 Å². The van der Waals surface area contributed by atoms with Gasteiger partial charge in [0.05, 0.1) is 23.7 Å². The highest BCUT2D eigenvalue weighted by Gasteiger charge is 2.45. The Morgan fingerprint density at radius 3 is 2.39 bits per heavy atom. The van der Waals surface area contributed by atoms with Crippen LogP contribution in [-0.4, -0.2) is 59.9 Å². The second kappa shape index (κ2) is 9.98. The van der Waals surface area contributed by atoms with Crippen molar-refractivity contribution in [3.8, 4) is 5.75 Å². The average Bonchev–Trinajstić information content (AvgIpc) is 3.04. The number of methoxy groups -OCH3 is 1. The highest BCUT2D eigenvalue weighted by atomic mass is 35.5. The molecule has 1 amide bonds. The molecule has 2 aromatic carbocycles. The van der Waals surface area contributed by atoms with E-state index in [1.54, 1.807) is 17.0 Å². The van der Waals surface area contributed by atoms with Crippen LogP contribution in [0.5, 0.6) is 5.75 Å². The topological polar surface area (TPSA) is 70.1 Å². The lowest BCUT2D eigenvalue weighted by Gasteiger charge is -2.28. The Kier molecular flexibility index (Phi) is 7.36. The van der Waals surface area contributed by atoms with Crippen molar-refractivity contribution >= 4 is 29.1 Å². The number of rotatable bonds is 8. The fourth-order valence-electron chi connectivity index (χ4n) is 3.85. The van der Waals surface area contributed by atoms with Crippen molar-refractivity contribution < 1.29 is 19.4 Å². The fourth-order valence-corrected chi connectivity index (χ4v) is 4.11. The van der Waals surface area contributed by atoms with E-state index >= 15 is 0 Å². The number of ether oxygens (including phenoxy) is 1. The second-order valence-electron chi connectivity index (χ2n) is 7.28. The molecule has 0 aromatic heterocycles. The maximum Gasteiger partial charge on any atom is 0.295 e. The molecule has 1 atom stereocenters. The van der Waals surface area contributed by atoms with Gasteiger partial charge in [-0.25, -0.2) is 0 Å². The Hall–Kier alpha value is -2.83. The van der Waals surface area contributed by atoms with Crippen LogP contribution in [0.4, 0.5) is 0 Å². The molecule has 1 aliphatic heterocycles. The van der Waals surface area contributed by atoms with Gasteiger partial charge in [-0.3, -0.25) is 9.59 Å². The number of ketones is 1. The Labute approximate surface area is 187 Å². The fraction of sp³-hybridized carbons (Fsp3) is 0.333. The number of Topliss-reactive ketones (excluding diaryl/α,β-unsaturated/α-hetero) is 1. The number of likely N-dealkylation sites (N-methyl/N-ethyl adjacent to an activating group) is 1. The van der Waals surface area contributed by atoms with E-state index < -0.39 is 17.7 Å². The smallest absolute Gasteiger partial charge is 0.295 e. The molecule has 0 radical (unpaired) electrons. The third-order valence-corrected chi connectivity index (χ3v) is 5.93. The first-order chi connectivity index (χ1) is 14.9. The van der Waals surface area contributed by atoms with Gasteiger partial charge in [0.2, 0.25) is 0 Å². The van der Waals surface area contributed by atoms with Gasteiger partial charge in [-0.2, -0.15) is 0 Å². The molecule has 1 N–H and O–H groups in total. The number of carbonyl (C=O) groups excluding carboxylic acids is 2. The number of carbonyl (C=O) groups is 2. The van der Waals surface area contributed by atoms with Gasteiger partial charge in [0.25, 0.3) is 11.7 Å². The molecule has 1 fully saturated rings. The number of likely N-dealkylation sites (tertiary alicyclic amines) is 1. The quantitative estimate of drug-likeness (QED) is 0.378. The molecule has 1 aliphatic rings. The molecule has 0 aliphatic carbocycles. The van der Waals surface area contributed by atoms with Crippen molar-refractivity contribution in [1.29, 1.82) is 0 Å². The first kappa shape index (κ1) is 22.8. The molecule has 31 heavy (non-hydrogen) atoms. The van der Waals surface area contributed by atoms with E-state index in [1.807, 2.05) is 30.3 Å². The van der Waals surface area contributed by atoms with Gasteiger partial charge in [0, 0.05) is 18.7 Å². The third-order valence-electron chi connectivity index (χ3n) is 5.63. The number of hydrogen-bond donors (Lipinski definition) is 1. The third kappa shape index (κ3) is 4.60. The molecule has 3 rings (SSSR count). The van der Waals surface area contributed by atoms with Crippen molar-refractivity contribution in [3.05, 3.63) is 70.3 Å². The summed E-state index contributed by atoms with van der Waals surface area (Å²) >= 11 is 6.22. The molecule has 0 spiro atoms. The Bertz CT molecular complexity index is 986. The van der Waals surface area contributed by atoms with Crippen LogP contribution in [0.25, 0.3) is 5.76 Å². The Balaban J connectivity index is 2.08. The van der Waals surface area contributed by atoms with Crippen LogP contribution >= 0.6 is 11.6 Å². The predicted octanol–water partition coefficient (Wildman–Crippen LogP) is 4.11. The lowest BCUT2D eigenvalue weighted by molar-refractivity contribution is -0.140. The molecular weight excluding hydrogens is 416 g/mol. The van der Waals surface area contributed by atoms with Crippen LogP contribution in [0.1, 0.15) is 31.0 Å². The maximum absolute atomic E-state index is 13.0. The minimum Gasteiger partial charge on any atom is -0.507 e. The number of hydrogen-bond acceptors (Lipinski definition) is 5. The van der Waals surface area contributed by atoms with Gasteiger partial charge in [0.15, 0.2) is 0 Å². The zero-order valence-corrected chi connectivity index (χ0v) is 18.7. The first-order valence-electron chi connectivity index (χ1n) is 10.3. The number of amides is 1. The maximum atomic E-state index is 13.0. The van der Waals surface area contributed by atoms with Crippen LogP contribution in [0.15, 0.2) is 54.1 Å². The summed E-state index contributed by atoms with van der Waals surface area (Å²) in [5.41, 5.74) is 1.19. The zero-order valence-electron chi connectivity index (χ0n) is 18.0. The zero-order chi connectivity index (χ0) is 22.5. The van der Waals surface area contributed by atoms with Crippen LogP contribution in [-0.2, 0) is 9.59 Å². The van der Waals surface area contributed by atoms with Gasteiger partial charge >= 0.3 is 0 Å². The largest absolute Gasteiger partial charge is 0.507 e. The van der Waals surface area contributed by atoms with E-state index in [1.165, 1.54) is 13.2 Å². The molecule has 6 nitrogen and oxygen atoms in total. The Morgan fingerprint density at radius 2 is 1.81 bits per heavy atom. The number of halogens is 1. The number of nitrogens with zero attached hydrogens (tertiary/aromatic N) is 2. The van der Waals surface area contributed by atoms with E-state index in [0.29, 0.717) is 29.4 Å². The van der Waals surface area contributed by atoms with Crippen LogP contribution in [0.3, 0.4) is 0 Å². The molecule has 2 aromatic rings. The van der Waals surface area contributed by atoms with Crippen molar-refractivity contribution in [2.75, 3.05) is 33.3 Å². The van der Waals surface area contributed by atoms with Crippen molar-refractivity contribution in [1.82, 2.24) is 9.80 Å². The van der Waals surface area contributed by atoms with E-state index in [4.69, 9.17) is 16.3 Å². The summed E-state index contributed by atoms with van der Waals surface area (Å²) in [4.78, 5) is 29.7. The van der Waals surface area contributed by atoms with Crippen molar-refractivity contribution in [2.45, 2.75) is 19.9 Å². The van der Waals surface area contributed by atoms with E-state index in [9.17, 15) is 14.7 Å². The summed E-state index contributed by atoms with van der Waals surface area (Å²) in [5.74, 6) is -1.10. The molecule has 1 heterocycles. The molecule has 164 valence electrons. The van der Waals surface area contributed by atoms with E-state index in [2.05, 4.69) is 18.7 Å². The van der Waals surface area contributed by atoms with Gasteiger partial charge in [0.1, 0.15) is 11.5 Å². The highest BCUT2D eigenvalue weighted by Crippen LogP contribution is 2.40. The van der Waals surface area contributed by atoms with Crippen LogP contribution < -0.4 is 4.74 Å². The minimum absolute atomic E-state index is 0.0666. The summed E-state index contributed by atoms with van der Waals surface area (Å²) in [5, 5.41) is 11.4.